The quantitative estimate of drug-likeness (QED) is 0.909. The molecule has 2 aromatic rings. The number of hydrogen-bond acceptors (Lipinski definition) is 4. The Balaban J connectivity index is 2.31. The van der Waals surface area contributed by atoms with Gasteiger partial charge in [-0.15, -0.1) is 0 Å². The zero-order valence-electron chi connectivity index (χ0n) is 12.5. The smallest absolute Gasteiger partial charge is 0.125 e. The van der Waals surface area contributed by atoms with Gasteiger partial charge in [0.1, 0.15) is 17.3 Å². The first-order valence-electron chi connectivity index (χ1n) is 6.72. The molecule has 0 bridgehead atoms. The fourth-order valence-corrected chi connectivity index (χ4v) is 2.39. The number of furan rings is 1. The van der Waals surface area contributed by atoms with E-state index >= 15 is 0 Å². The van der Waals surface area contributed by atoms with Crippen molar-refractivity contribution >= 4 is 5.69 Å². The second kappa shape index (κ2) is 6.01. The summed E-state index contributed by atoms with van der Waals surface area (Å²) < 4.78 is 11.1. The predicted octanol–water partition coefficient (Wildman–Crippen LogP) is 3.25. The zero-order valence-corrected chi connectivity index (χ0v) is 12.5. The molecule has 4 heteroatoms. The third kappa shape index (κ3) is 2.96. The van der Waals surface area contributed by atoms with E-state index in [9.17, 15) is 0 Å². The third-order valence-corrected chi connectivity index (χ3v) is 3.32. The van der Waals surface area contributed by atoms with Crippen LogP contribution >= 0.6 is 0 Å². The van der Waals surface area contributed by atoms with Crippen LogP contribution in [0.1, 0.15) is 30.0 Å². The molecule has 2 N–H and O–H groups in total. The van der Waals surface area contributed by atoms with E-state index in [2.05, 4.69) is 11.0 Å². The Bertz CT molecular complexity index is 576. The van der Waals surface area contributed by atoms with Crippen LogP contribution in [0.2, 0.25) is 0 Å². The number of anilines is 1. The van der Waals surface area contributed by atoms with Gasteiger partial charge in [0.2, 0.25) is 0 Å². The van der Waals surface area contributed by atoms with Gasteiger partial charge in [-0.2, -0.15) is 0 Å². The topological polar surface area (TPSA) is 51.6 Å². The highest BCUT2D eigenvalue weighted by Gasteiger charge is 2.16. The summed E-state index contributed by atoms with van der Waals surface area (Å²) in [6, 6.07) is 9.84. The maximum atomic E-state index is 6.10. The summed E-state index contributed by atoms with van der Waals surface area (Å²) in [5, 5.41) is 0. The minimum Gasteiger partial charge on any atom is -0.496 e. The van der Waals surface area contributed by atoms with Crippen molar-refractivity contribution in [2.24, 2.45) is 5.73 Å². The van der Waals surface area contributed by atoms with Gasteiger partial charge in [-0.25, -0.2) is 0 Å². The number of methoxy groups -OCH3 is 1. The summed E-state index contributed by atoms with van der Waals surface area (Å²) in [7, 11) is 3.69. The summed E-state index contributed by atoms with van der Waals surface area (Å²) in [4.78, 5) is 2.12. The lowest BCUT2D eigenvalue weighted by molar-refractivity contribution is 0.406. The van der Waals surface area contributed by atoms with Crippen LogP contribution in [0.3, 0.4) is 0 Å². The average Bonchev–Trinajstić information content (AvgIpc) is 2.82. The standard InChI is InChI=1S/C16H22N2O2/c1-11-8-9-13(20-11)10-18(3)14-6-5-7-15(19-4)16(14)12(2)17/h5-9,12H,10,17H2,1-4H3/t12-/m0/s1. The number of nitrogens with two attached hydrogens (primary N) is 1. The number of hydrogen-bond donors (Lipinski definition) is 1. The van der Waals surface area contributed by atoms with Gasteiger partial charge < -0.3 is 19.8 Å². The van der Waals surface area contributed by atoms with E-state index in [1.165, 1.54) is 0 Å². The van der Waals surface area contributed by atoms with E-state index in [1.807, 2.05) is 45.2 Å². The zero-order chi connectivity index (χ0) is 14.7. The van der Waals surface area contributed by atoms with E-state index < -0.39 is 0 Å². The molecule has 0 saturated heterocycles. The number of benzene rings is 1. The fourth-order valence-electron chi connectivity index (χ4n) is 2.39. The Labute approximate surface area is 120 Å². The Kier molecular flexibility index (Phi) is 4.35. The molecule has 0 aliphatic rings. The second-order valence-electron chi connectivity index (χ2n) is 5.05. The van der Waals surface area contributed by atoms with Gasteiger partial charge in [-0.3, -0.25) is 0 Å². The number of aryl methyl sites for hydroxylation is 1. The van der Waals surface area contributed by atoms with Gasteiger partial charge in [0.15, 0.2) is 0 Å². The fraction of sp³-hybridized carbons (Fsp3) is 0.375. The summed E-state index contributed by atoms with van der Waals surface area (Å²) in [5.74, 6) is 2.68. The molecular formula is C16H22N2O2. The first kappa shape index (κ1) is 14.5. The molecular weight excluding hydrogens is 252 g/mol. The largest absolute Gasteiger partial charge is 0.496 e. The minimum absolute atomic E-state index is 0.0954. The highest BCUT2D eigenvalue weighted by Crippen LogP contribution is 2.33. The number of ether oxygens (including phenoxy) is 1. The van der Waals surface area contributed by atoms with E-state index in [-0.39, 0.29) is 6.04 Å². The molecule has 108 valence electrons. The van der Waals surface area contributed by atoms with Crippen LogP contribution < -0.4 is 15.4 Å². The van der Waals surface area contributed by atoms with Crippen molar-refractivity contribution in [1.82, 2.24) is 0 Å². The molecule has 0 unspecified atom stereocenters. The monoisotopic (exact) mass is 274 g/mol. The van der Waals surface area contributed by atoms with Crippen LogP contribution in [-0.4, -0.2) is 14.2 Å². The summed E-state index contributed by atoms with van der Waals surface area (Å²) >= 11 is 0. The Morgan fingerprint density at radius 2 is 2.05 bits per heavy atom. The Morgan fingerprint density at radius 3 is 2.60 bits per heavy atom. The van der Waals surface area contributed by atoms with Crippen molar-refractivity contribution in [3.8, 4) is 5.75 Å². The molecule has 1 atom stereocenters. The van der Waals surface area contributed by atoms with Crippen molar-refractivity contribution in [3.63, 3.8) is 0 Å². The van der Waals surface area contributed by atoms with Crippen molar-refractivity contribution < 1.29 is 9.15 Å². The van der Waals surface area contributed by atoms with Gasteiger partial charge in [-0.1, -0.05) is 6.07 Å². The molecule has 0 fully saturated rings. The SMILES string of the molecule is COc1cccc(N(C)Cc2ccc(C)o2)c1[C@H](C)N. The lowest BCUT2D eigenvalue weighted by Gasteiger charge is -2.24. The minimum atomic E-state index is -0.0954. The van der Waals surface area contributed by atoms with Crippen LogP contribution in [-0.2, 0) is 6.54 Å². The maximum absolute atomic E-state index is 6.10. The lowest BCUT2D eigenvalue weighted by atomic mass is 10.0. The summed E-state index contributed by atoms with van der Waals surface area (Å²) in [6.45, 7) is 4.61. The molecule has 1 aromatic heterocycles. The van der Waals surface area contributed by atoms with Gasteiger partial charge in [0.25, 0.3) is 0 Å². The van der Waals surface area contributed by atoms with Crippen LogP contribution in [0.25, 0.3) is 0 Å². The molecule has 0 aliphatic carbocycles. The van der Waals surface area contributed by atoms with E-state index in [1.54, 1.807) is 7.11 Å². The van der Waals surface area contributed by atoms with Crippen molar-refractivity contribution in [3.05, 3.63) is 47.4 Å². The molecule has 0 aliphatic heterocycles. The molecule has 1 aromatic carbocycles. The first-order chi connectivity index (χ1) is 9.52. The van der Waals surface area contributed by atoms with E-state index in [0.717, 1.165) is 28.5 Å². The highest BCUT2D eigenvalue weighted by molar-refractivity contribution is 5.60. The Morgan fingerprint density at radius 1 is 1.30 bits per heavy atom. The third-order valence-electron chi connectivity index (χ3n) is 3.32. The molecule has 0 spiro atoms. The van der Waals surface area contributed by atoms with Crippen molar-refractivity contribution in [2.75, 3.05) is 19.1 Å². The average molecular weight is 274 g/mol. The van der Waals surface area contributed by atoms with Crippen molar-refractivity contribution in [2.45, 2.75) is 26.4 Å². The highest BCUT2D eigenvalue weighted by atomic mass is 16.5. The molecule has 0 saturated carbocycles. The summed E-state index contributed by atoms with van der Waals surface area (Å²) in [6.07, 6.45) is 0. The number of nitrogens with zero attached hydrogens (tertiary/aromatic N) is 1. The second-order valence-corrected chi connectivity index (χ2v) is 5.05. The molecule has 0 radical (unpaired) electrons. The number of rotatable bonds is 5. The van der Waals surface area contributed by atoms with E-state index in [0.29, 0.717) is 6.54 Å². The maximum Gasteiger partial charge on any atom is 0.125 e. The normalized spacial score (nSPS) is 12.2. The van der Waals surface area contributed by atoms with Crippen LogP contribution in [0.5, 0.6) is 5.75 Å². The van der Waals surface area contributed by atoms with Gasteiger partial charge in [-0.05, 0) is 38.1 Å². The molecule has 4 nitrogen and oxygen atoms in total. The van der Waals surface area contributed by atoms with Crippen LogP contribution in [0, 0.1) is 6.92 Å². The van der Waals surface area contributed by atoms with Gasteiger partial charge >= 0.3 is 0 Å². The Hall–Kier alpha value is -1.94. The molecule has 2 rings (SSSR count). The first-order valence-corrected chi connectivity index (χ1v) is 6.72. The van der Waals surface area contributed by atoms with Gasteiger partial charge in [0, 0.05) is 24.3 Å². The van der Waals surface area contributed by atoms with E-state index in [4.69, 9.17) is 14.9 Å². The van der Waals surface area contributed by atoms with Gasteiger partial charge in [0.05, 0.1) is 13.7 Å². The van der Waals surface area contributed by atoms with Crippen LogP contribution in [0.15, 0.2) is 34.7 Å². The predicted molar refractivity (Wildman–Crippen MR) is 81.1 cm³/mol. The van der Waals surface area contributed by atoms with Crippen molar-refractivity contribution in [1.29, 1.82) is 0 Å². The molecule has 20 heavy (non-hydrogen) atoms. The summed E-state index contributed by atoms with van der Waals surface area (Å²) in [5.41, 5.74) is 8.17. The lowest BCUT2D eigenvalue weighted by Crippen LogP contribution is -2.20. The molecule has 1 heterocycles. The van der Waals surface area contributed by atoms with Crippen LogP contribution in [0.4, 0.5) is 5.69 Å². The molecule has 0 amide bonds.